The number of methoxy groups -OCH3 is 1. The lowest BCUT2D eigenvalue weighted by Gasteiger charge is -2.07. The highest BCUT2D eigenvalue weighted by Crippen LogP contribution is 2.13. The lowest BCUT2D eigenvalue weighted by atomic mass is 10.3. The molecule has 10 heavy (non-hydrogen) atoms. The summed E-state index contributed by atoms with van der Waals surface area (Å²) >= 11 is 1.92. The average molecular weight is 160 g/mol. The van der Waals surface area contributed by atoms with E-state index in [0.29, 0.717) is 5.25 Å². The third-order valence-electron chi connectivity index (χ3n) is 1.23. The topological polar surface area (TPSA) is 9.23 Å². The molecule has 0 aromatic rings. The summed E-state index contributed by atoms with van der Waals surface area (Å²) in [5.74, 6) is 1.05. The number of thioether (sulfide) groups is 1. The zero-order valence-electron chi connectivity index (χ0n) is 6.80. The Hall–Kier alpha value is 0.0500. The minimum atomic E-state index is 0.693. The van der Waals surface area contributed by atoms with Crippen molar-refractivity contribution in [2.24, 2.45) is 0 Å². The van der Waals surface area contributed by atoms with Crippen molar-refractivity contribution in [3.05, 3.63) is 12.7 Å². The van der Waals surface area contributed by atoms with Gasteiger partial charge in [-0.25, -0.2) is 0 Å². The van der Waals surface area contributed by atoms with Crippen molar-refractivity contribution in [3.8, 4) is 0 Å². The Morgan fingerprint density at radius 1 is 1.70 bits per heavy atom. The van der Waals surface area contributed by atoms with E-state index in [1.807, 2.05) is 17.8 Å². The molecule has 1 atom stereocenters. The Morgan fingerprint density at radius 2 is 2.40 bits per heavy atom. The van der Waals surface area contributed by atoms with Gasteiger partial charge >= 0.3 is 0 Å². The molecule has 0 bridgehead atoms. The van der Waals surface area contributed by atoms with E-state index in [9.17, 15) is 0 Å². The van der Waals surface area contributed by atoms with Gasteiger partial charge in [-0.1, -0.05) is 13.0 Å². The SMILES string of the molecule is C=CCSC(C)CCOC. The minimum Gasteiger partial charge on any atom is -0.385 e. The average Bonchev–Trinajstić information content (AvgIpc) is 1.97. The fourth-order valence-corrected chi connectivity index (χ4v) is 1.33. The molecule has 2 heteroatoms. The summed E-state index contributed by atoms with van der Waals surface area (Å²) in [5, 5.41) is 0.693. The van der Waals surface area contributed by atoms with E-state index in [-0.39, 0.29) is 0 Å². The van der Waals surface area contributed by atoms with Gasteiger partial charge in [-0.15, -0.1) is 6.58 Å². The molecular formula is C8H16OS. The lowest BCUT2D eigenvalue weighted by Crippen LogP contribution is -2.01. The molecule has 0 rings (SSSR count). The van der Waals surface area contributed by atoms with Crippen molar-refractivity contribution in [2.75, 3.05) is 19.5 Å². The smallest absolute Gasteiger partial charge is 0.0472 e. The van der Waals surface area contributed by atoms with Crippen LogP contribution in [0.2, 0.25) is 0 Å². The van der Waals surface area contributed by atoms with Crippen LogP contribution in [0, 0.1) is 0 Å². The second-order valence-corrected chi connectivity index (χ2v) is 3.69. The van der Waals surface area contributed by atoms with Crippen molar-refractivity contribution in [1.29, 1.82) is 0 Å². The maximum atomic E-state index is 4.95. The zero-order chi connectivity index (χ0) is 7.82. The third kappa shape index (κ3) is 6.17. The standard InChI is InChI=1S/C8H16OS/c1-4-7-10-8(2)5-6-9-3/h4,8H,1,5-7H2,2-3H3. The van der Waals surface area contributed by atoms with Gasteiger partial charge < -0.3 is 4.74 Å². The van der Waals surface area contributed by atoms with Crippen molar-refractivity contribution >= 4 is 11.8 Å². The third-order valence-corrected chi connectivity index (χ3v) is 2.46. The van der Waals surface area contributed by atoms with E-state index in [2.05, 4.69) is 13.5 Å². The summed E-state index contributed by atoms with van der Waals surface area (Å²) in [7, 11) is 1.74. The van der Waals surface area contributed by atoms with Crippen LogP contribution in [0.4, 0.5) is 0 Å². The van der Waals surface area contributed by atoms with Crippen LogP contribution in [0.15, 0.2) is 12.7 Å². The van der Waals surface area contributed by atoms with E-state index in [4.69, 9.17) is 4.74 Å². The molecule has 0 saturated carbocycles. The fraction of sp³-hybridized carbons (Fsp3) is 0.750. The van der Waals surface area contributed by atoms with E-state index < -0.39 is 0 Å². The van der Waals surface area contributed by atoms with E-state index >= 15 is 0 Å². The normalized spacial score (nSPS) is 13.0. The second kappa shape index (κ2) is 7.16. The van der Waals surface area contributed by atoms with Crippen LogP contribution < -0.4 is 0 Å². The van der Waals surface area contributed by atoms with Crippen LogP contribution in [-0.2, 0) is 4.74 Å². The molecule has 0 aromatic heterocycles. The monoisotopic (exact) mass is 160 g/mol. The van der Waals surface area contributed by atoms with Gasteiger partial charge in [-0.05, 0) is 6.42 Å². The first kappa shape index (κ1) is 10.0. The maximum Gasteiger partial charge on any atom is 0.0472 e. The van der Waals surface area contributed by atoms with Crippen LogP contribution >= 0.6 is 11.8 Å². The first-order valence-electron chi connectivity index (χ1n) is 3.52. The Balaban J connectivity index is 3.07. The van der Waals surface area contributed by atoms with Crippen LogP contribution in [0.5, 0.6) is 0 Å². The van der Waals surface area contributed by atoms with Gasteiger partial charge in [0, 0.05) is 24.7 Å². The number of rotatable bonds is 6. The highest BCUT2D eigenvalue weighted by molar-refractivity contribution is 8.00. The molecular weight excluding hydrogens is 144 g/mol. The van der Waals surface area contributed by atoms with Gasteiger partial charge in [-0.2, -0.15) is 11.8 Å². The highest BCUT2D eigenvalue weighted by atomic mass is 32.2. The van der Waals surface area contributed by atoms with Gasteiger partial charge in [0.05, 0.1) is 0 Å². The van der Waals surface area contributed by atoms with Crippen molar-refractivity contribution in [1.82, 2.24) is 0 Å². The van der Waals surface area contributed by atoms with Gasteiger partial charge in [0.25, 0.3) is 0 Å². The predicted octanol–water partition coefficient (Wildman–Crippen LogP) is 2.33. The van der Waals surface area contributed by atoms with E-state index in [0.717, 1.165) is 18.8 Å². The van der Waals surface area contributed by atoms with Crippen LogP contribution in [0.1, 0.15) is 13.3 Å². The van der Waals surface area contributed by atoms with Crippen molar-refractivity contribution in [3.63, 3.8) is 0 Å². The summed E-state index contributed by atoms with van der Waals surface area (Å²) in [6.07, 6.45) is 3.07. The number of hydrogen-bond acceptors (Lipinski definition) is 2. The minimum absolute atomic E-state index is 0.693. The zero-order valence-corrected chi connectivity index (χ0v) is 7.62. The summed E-state index contributed by atoms with van der Waals surface area (Å²) < 4.78 is 4.95. The Bertz CT molecular complexity index is 83.3. The molecule has 0 aromatic carbocycles. The van der Waals surface area contributed by atoms with Crippen LogP contribution in [0.3, 0.4) is 0 Å². The molecule has 0 aliphatic rings. The largest absolute Gasteiger partial charge is 0.385 e. The Morgan fingerprint density at radius 3 is 2.90 bits per heavy atom. The molecule has 0 aliphatic heterocycles. The Labute approximate surface area is 67.8 Å². The maximum absolute atomic E-state index is 4.95. The summed E-state index contributed by atoms with van der Waals surface area (Å²) in [6.45, 7) is 6.74. The lowest BCUT2D eigenvalue weighted by molar-refractivity contribution is 0.195. The number of ether oxygens (including phenoxy) is 1. The van der Waals surface area contributed by atoms with Crippen LogP contribution in [-0.4, -0.2) is 24.7 Å². The molecule has 1 unspecified atom stereocenters. The molecule has 0 saturated heterocycles. The molecule has 0 aliphatic carbocycles. The van der Waals surface area contributed by atoms with Crippen molar-refractivity contribution in [2.45, 2.75) is 18.6 Å². The summed E-state index contributed by atoms with van der Waals surface area (Å²) in [4.78, 5) is 0. The van der Waals surface area contributed by atoms with Gasteiger partial charge in [0.15, 0.2) is 0 Å². The molecule has 0 radical (unpaired) electrons. The first-order valence-corrected chi connectivity index (χ1v) is 4.57. The summed E-state index contributed by atoms with van der Waals surface area (Å²) in [5.41, 5.74) is 0. The van der Waals surface area contributed by atoms with E-state index in [1.54, 1.807) is 7.11 Å². The van der Waals surface area contributed by atoms with Crippen LogP contribution in [0.25, 0.3) is 0 Å². The molecule has 0 spiro atoms. The first-order chi connectivity index (χ1) is 4.81. The molecule has 0 fully saturated rings. The number of hydrogen-bond donors (Lipinski definition) is 0. The highest BCUT2D eigenvalue weighted by Gasteiger charge is 1.98. The van der Waals surface area contributed by atoms with Crippen molar-refractivity contribution < 1.29 is 4.74 Å². The molecule has 0 N–H and O–H groups in total. The van der Waals surface area contributed by atoms with Gasteiger partial charge in [0.2, 0.25) is 0 Å². The second-order valence-electron chi connectivity index (χ2n) is 2.21. The predicted molar refractivity (Wildman–Crippen MR) is 48.6 cm³/mol. The fourth-order valence-electron chi connectivity index (χ4n) is 0.599. The van der Waals surface area contributed by atoms with Gasteiger partial charge in [0.1, 0.15) is 0 Å². The molecule has 1 nitrogen and oxygen atoms in total. The van der Waals surface area contributed by atoms with Gasteiger partial charge in [-0.3, -0.25) is 0 Å². The molecule has 60 valence electrons. The van der Waals surface area contributed by atoms with E-state index in [1.165, 1.54) is 0 Å². The molecule has 0 amide bonds. The quantitative estimate of drug-likeness (QED) is 0.551. The molecule has 0 heterocycles. The Kier molecular flexibility index (Phi) is 7.20. The summed E-state index contributed by atoms with van der Waals surface area (Å²) in [6, 6.07) is 0.